The number of nitro groups is 1. The molecule has 0 amide bonds. The highest BCUT2D eigenvalue weighted by atomic mass is 16.6. The van der Waals surface area contributed by atoms with E-state index in [1.54, 1.807) is 32.0 Å². The molecule has 9 heteroatoms. The Hall–Kier alpha value is -3.75. The molecule has 0 aliphatic carbocycles. The normalized spacial score (nSPS) is 12.0. The second kappa shape index (κ2) is 8.32. The summed E-state index contributed by atoms with van der Waals surface area (Å²) >= 11 is 0. The average molecular weight is 412 g/mol. The summed E-state index contributed by atoms with van der Waals surface area (Å²) < 4.78 is 11.3. The van der Waals surface area contributed by atoms with Crippen molar-refractivity contribution in [3.05, 3.63) is 78.5 Å². The third-order valence-corrected chi connectivity index (χ3v) is 4.70. The van der Waals surface area contributed by atoms with Gasteiger partial charge in [0.25, 0.3) is 11.2 Å². The fourth-order valence-corrected chi connectivity index (χ4v) is 3.26. The summed E-state index contributed by atoms with van der Waals surface area (Å²) in [5.74, 6) is -1.23. The van der Waals surface area contributed by atoms with Crippen molar-refractivity contribution in [1.82, 2.24) is 4.57 Å². The third-order valence-electron chi connectivity index (χ3n) is 4.70. The number of rotatable bonds is 6. The van der Waals surface area contributed by atoms with Crippen LogP contribution in [0.3, 0.4) is 0 Å². The lowest BCUT2D eigenvalue weighted by atomic mass is 10.1. The van der Waals surface area contributed by atoms with Crippen molar-refractivity contribution in [3.63, 3.8) is 0 Å². The maximum atomic E-state index is 13.1. The molecule has 0 spiro atoms. The van der Waals surface area contributed by atoms with E-state index in [0.29, 0.717) is 18.4 Å². The van der Waals surface area contributed by atoms with E-state index in [2.05, 4.69) is 0 Å². The second-order valence-corrected chi connectivity index (χ2v) is 7.03. The van der Waals surface area contributed by atoms with Gasteiger partial charge in [-0.15, -0.1) is 0 Å². The van der Waals surface area contributed by atoms with Gasteiger partial charge in [-0.05, 0) is 56.0 Å². The summed E-state index contributed by atoms with van der Waals surface area (Å²) in [6.45, 7) is 4.70. The van der Waals surface area contributed by atoms with Gasteiger partial charge in [-0.3, -0.25) is 19.7 Å². The van der Waals surface area contributed by atoms with Crippen LogP contribution in [0.15, 0.2) is 50.4 Å². The van der Waals surface area contributed by atoms with Crippen LogP contribution in [0.1, 0.15) is 31.4 Å². The topological polar surface area (TPSA) is 122 Å². The van der Waals surface area contributed by atoms with Crippen LogP contribution in [-0.4, -0.2) is 21.6 Å². The first-order valence-corrected chi connectivity index (χ1v) is 9.29. The monoisotopic (exact) mass is 412 g/mol. The fraction of sp³-hybridized carbons (Fsp3) is 0.286. The predicted molar refractivity (Wildman–Crippen MR) is 109 cm³/mol. The maximum Gasteiger partial charge on any atom is 0.427 e. The van der Waals surface area contributed by atoms with Gasteiger partial charge in [0.2, 0.25) is 0 Å². The van der Waals surface area contributed by atoms with Crippen LogP contribution in [0.5, 0.6) is 0 Å². The SMILES string of the molecule is CC(=O)OC(C)CCc1ccc2oc(=O)n(-c3ccc([N+](=O)[O-])cc3C)c(=O)c2c1. The minimum Gasteiger partial charge on any atom is -0.463 e. The summed E-state index contributed by atoms with van der Waals surface area (Å²) in [5, 5.41) is 11.2. The molecule has 0 saturated heterocycles. The number of nitro benzene ring substituents is 1. The van der Waals surface area contributed by atoms with Crippen LogP contribution in [0.4, 0.5) is 5.69 Å². The van der Waals surface area contributed by atoms with E-state index in [1.165, 1.54) is 25.1 Å². The van der Waals surface area contributed by atoms with Crippen molar-refractivity contribution in [2.24, 2.45) is 0 Å². The quantitative estimate of drug-likeness (QED) is 0.346. The van der Waals surface area contributed by atoms with E-state index < -0.39 is 16.2 Å². The highest BCUT2D eigenvalue weighted by Gasteiger charge is 2.16. The van der Waals surface area contributed by atoms with Crippen molar-refractivity contribution < 1.29 is 18.9 Å². The molecule has 2 aromatic carbocycles. The molecule has 1 unspecified atom stereocenters. The fourth-order valence-electron chi connectivity index (χ4n) is 3.26. The molecule has 0 fully saturated rings. The molecule has 1 heterocycles. The lowest BCUT2D eigenvalue weighted by Gasteiger charge is -2.12. The number of hydrogen-bond acceptors (Lipinski definition) is 7. The predicted octanol–water partition coefficient (Wildman–Crippen LogP) is 3.04. The Balaban J connectivity index is 2.03. The van der Waals surface area contributed by atoms with Gasteiger partial charge in [0.1, 0.15) is 5.58 Å². The van der Waals surface area contributed by atoms with Crippen LogP contribution >= 0.6 is 0 Å². The molecule has 30 heavy (non-hydrogen) atoms. The van der Waals surface area contributed by atoms with Crippen molar-refractivity contribution in [2.75, 3.05) is 0 Å². The van der Waals surface area contributed by atoms with Crippen LogP contribution in [0, 0.1) is 17.0 Å². The maximum absolute atomic E-state index is 13.1. The Labute approximate surface area is 170 Å². The molecule has 3 aromatic rings. The van der Waals surface area contributed by atoms with Gasteiger partial charge in [0.15, 0.2) is 0 Å². The van der Waals surface area contributed by atoms with E-state index in [1.807, 2.05) is 0 Å². The van der Waals surface area contributed by atoms with Crippen molar-refractivity contribution >= 4 is 22.6 Å². The summed E-state index contributed by atoms with van der Waals surface area (Å²) in [5.41, 5.74) is 0.864. The first-order chi connectivity index (χ1) is 14.2. The number of esters is 1. The van der Waals surface area contributed by atoms with Gasteiger partial charge in [0, 0.05) is 19.1 Å². The average Bonchev–Trinajstić information content (AvgIpc) is 2.67. The number of fused-ring (bicyclic) bond motifs is 1. The molecule has 0 saturated carbocycles. The zero-order chi connectivity index (χ0) is 22.0. The molecular weight excluding hydrogens is 392 g/mol. The second-order valence-electron chi connectivity index (χ2n) is 7.03. The summed E-state index contributed by atoms with van der Waals surface area (Å²) in [4.78, 5) is 46.9. The van der Waals surface area contributed by atoms with E-state index in [9.17, 15) is 24.5 Å². The number of carbonyl (C=O) groups is 1. The van der Waals surface area contributed by atoms with E-state index in [-0.39, 0.29) is 34.4 Å². The van der Waals surface area contributed by atoms with Gasteiger partial charge in [-0.25, -0.2) is 9.36 Å². The molecule has 0 aliphatic heterocycles. The number of non-ortho nitro benzene ring substituents is 1. The summed E-state index contributed by atoms with van der Waals surface area (Å²) in [6.07, 6.45) is 0.850. The van der Waals surface area contributed by atoms with Crippen LogP contribution < -0.4 is 11.3 Å². The molecule has 0 radical (unpaired) electrons. The first-order valence-electron chi connectivity index (χ1n) is 9.29. The Morgan fingerprint density at radius 1 is 1.23 bits per heavy atom. The number of carbonyl (C=O) groups excluding carboxylic acids is 1. The lowest BCUT2D eigenvalue weighted by Crippen LogP contribution is -2.31. The van der Waals surface area contributed by atoms with Gasteiger partial charge in [-0.1, -0.05) is 6.07 Å². The molecule has 0 aliphatic rings. The Bertz CT molecular complexity index is 1260. The number of aryl methyl sites for hydroxylation is 2. The highest BCUT2D eigenvalue weighted by Crippen LogP contribution is 2.20. The minimum absolute atomic E-state index is 0.140. The van der Waals surface area contributed by atoms with E-state index >= 15 is 0 Å². The van der Waals surface area contributed by atoms with Crippen LogP contribution in [0.25, 0.3) is 16.7 Å². The number of benzene rings is 2. The zero-order valence-electron chi connectivity index (χ0n) is 16.7. The van der Waals surface area contributed by atoms with Crippen molar-refractivity contribution in [2.45, 2.75) is 39.7 Å². The first kappa shape index (κ1) is 21.0. The summed E-state index contributed by atoms with van der Waals surface area (Å²) in [7, 11) is 0. The highest BCUT2D eigenvalue weighted by molar-refractivity contribution is 5.76. The van der Waals surface area contributed by atoms with Crippen LogP contribution in [0.2, 0.25) is 0 Å². The van der Waals surface area contributed by atoms with Crippen molar-refractivity contribution in [1.29, 1.82) is 0 Å². The number of nitrogens with zero attached hydrogens (tertiary/aromatic N) is 2. The van der Waals surface area contributed by atoms with E-state index in [4.69, 9.17) is 9.15 Å². The molecular formula is C21H20N2O7. The number of aromatic nitrogens is 1. The van der Waals surface area contributed by atoms with Crippen LogP contribution in [-0.2, 0) is 16.0 Å². The minimum atomic E-state index is -0.874. The van der Waals surface area contributed by atoms with Gasteiger partial charge in [0.05, 0.1) is 22.1 Å². The molecule has 1 atom stereocenters. The van der Waals surface area contributed by atoms with Gasteiger partial charge >= 0.3 is 11.7 Å². The number of hydrogen-bond donors (Lipinski definition) is 0. The largest absolute Gasteiger partial charge is 0.463 e. The molecule has 156 valence electrons. The smallest absolute Gasteiger partial charge is 0.427 e. The van der Waals surface area contributed by atoms with Gasteiger partial charge in [-0.2, -0.15) is 0 Å². The third kappa shape index (κ3) is 4.29. The summed E-state index contributed by atoms with van der Waals surface area (Å²) in [6, 6.07) is 8.80. The zero-order valence-corrected chi connectivity index (χ0v) is 16.7. The molecule has 1 aromatic heterocycles. The van der Waals surface area contributed by atoms with Gasteiger partial charge < -0.3 is 9.15 Å². The molecule has 9 nitrogen and oxygen atoms in total. The molecule has 0 bridgehead atoms. The molecule has 3 rings (SSSR count). The molecule has 0 N–H and O–H groups in total. The lowest BCUT2D eigenvalue weighted by molar-refractivity contribution is -0.384. The Kier molecular flexibility index (Phi) is 5.81. The van der Waals surface area contributed by atoms with Crippen molar-refractivity contribution in [3.8, 4) is 5.69 Å². The Morgan fingerprint density at radius 2 is 1.97 bits per heavy atom. The Morgan fingerprint density at radius 3 is 2.60 bits per heavy atom. The standard InChI is InChI=1S/C21H20N2O7/c1-12-10-16(23(27)28)7-8-18(12)22-20(25)17-11-15(5-4-13(2)29-14(3)24)6-9-19(17)30-21(22)26/h6-11,13H,4-5H2,1-3H3. The number of ether oxygens (including phenoxy) is 1. The van der Waals surface area contributed by atoms with E-state index in [0.717, 1.165) is 10.1 Å².